The highest BCUT2D eigenvalue weighted by Gasteiger charge is 2.36. The molecule has 1 atom stereocenters. The molecule has 2 aromatic rings. The highest BCUT2D eigenvalue weighted by molar-refractivity contribution is 6.32. The zero-order valence-electron chi connectivity index (χ0n) is 16.0. The fourth-order valence-electron chi connectivity index (χ4n) is 3.05. The van der Waals surface area contributed by atoms with Crippen LogP contribution < -0.4 is 10.2 Å². The first-order valence-corrected chi connectivity index (χ1v) is 9.80. The highest BCUT2D eigenvalue weighted by Crippen LogP contribution is 2.29. The van der Waals surface area contributed by atoms with Gasteiger partial charge in [0, 0.05) is 34.4 Å². The lowest BCUT2D eigenvalue weighted by Gasteiger charge is -2.17. The Hall–Kier alpha value is -2.57. The molecule has 8 heteroatoms. The molecule has 1 aliphatic heterocycles. The molecule has 0 bridgehead atoms. The number of amides is 2. The minimum Gasteiger partial charge on any atom is -0.455 e. The molecule has 0 spiro atoms. The van der Waals surface area contributed by atoms with Gasteiger partial charge in [-0.1, -0.05) is 35.3 Å². The van der Waals surface area contributed by atoms with Gasteiger partial charge in [-0.05, 0) is 49.2 Å². The van der Waals surface area contributed by atoms with Gasteiger partial charge in [-0.25, -0.2) is 0 Å². The summed E-state index contributed by atoms with van der Waals surface area (Å²) in [6, 6.07) is 10.4. The molecule has 1 aliphatic rings. The number of anilines is 2. The van der Waals surface area contributed by atoms with Gasteiger partial charge in [0.1, 0.15) is 0 Å². The van der Waals surface area contributed by atoms with E-state index in [2.05, 4.69) is 5.32 Å². The molecule has 1 N–H and O–H groups in total. The molecule has 6 nitrogen and oxygen atoms in total. The van der Waals surface area contributed by atoms with Crippen LogP contribution in [0.3, 0.4) is 0 Å². The van der Waals surface area contributed by atoms with E-state index in [1.54, 1.807) is 37.3 Å². The Balaban J connectivity index is 1.56. The van der Waals surface area contributed by atoms with Crippen molar-refractivity contribution in [3.05, 3.63) is 57.6 Å². The van der Waals surface area contributed by atoms with Crippen LogP contribution in [0.1, 0.15) is 17.5 Å². The zero-order chi connectivity index (χ0) is 21.1. The number of nitrogens with one attached hydrogen (secondary N) is 1. The van der Waals surface area contributed by atoms with Crippen LogP contribution in [0.5, 0.6) is 0 Å². The summed E-state index contributed by atoms with van der Waals surface area (Å²) in [5.41, 5.74) is 2.81. The van der Waals surface area contributed by atoms with E-state index < -0.39 is 24.4 Å². The summed E-state index contributed by atoms with van der Waals surface area (Å²) in [6.07, 6.45) is 0.0271. The van der Waals surface area contributed by atoms with Gasteiger partial charge in [0.05, 0.1) is 5.92 Å². The fraction of sp³-hybridized carbons (Fsp3) is 0.286. The van der Waals surface area contributed by atoms with Crippen molar-refractivity contribution in [2.45, 2.75) is 20.3 Å². The van der Waals surface area contributed by atoms with E-state index in [1.165, 1.54) is 4.90 Å². The lowest BCUT2D eigenvalue weighted by Crippen LogP contribution is -2.28. The van der Waals surface area contributed by atoms with Crippen molar-refractivity contribution < 1.29 is 19.1 Å². The number of nitrogens with zero attached hydrogens (tertiary/aromatic N) is 1. The minimum atomic E-state index is -0.636. The SMILES string of the molecule is Cc1ccc(N2C[C@H](C(=O)OCC(=O)Nc3cccc(Cl)c3C)CC2=O)cc1Cl. The molecule has 29 heavy (non-hydrogen) atoms. The zero-order valence-corrected chi connectivity index (χ0v) is 17.5. The molecule has 0 aliphatic carbocycles. The number of halogens is 2. The molecule has 2 amide bonds. The number of carbonyl (C=O) groups excluding carboxylic acids is 3. The summed E-state index contributed by atoms with van der Waals surface area (Å²) >= 11 is 12.2. The lowest BCUT2D eigenvalue weighted by molar-refractivity contribution is -0.151. The molecule has 0 unspecified atom stereocenters. The quantitative estimate of drug-likeness (QED) is 0.717. The third-order valence-corrected chi connectivity index (χ3v) is 5.63. The van der Waals surface area contributed by atoms with Gasteiger partial charge in [0.25, 0.3) is 5.91 Å². The second-order valence-corrected chi connectivity index (χ2v) is 7.72. The smallest absolute Gasteiger partial charge is 0.311 e. The van der Waals surface area contributed by atoms with E-state index in [1.807, 2.05) is 13.0 Å². The maximum atomic E-state index is 12.3. The van der Waals surface area contributed by atoms with Crippen LogP contribution in [-0.2, 0) is 19.1 Å². The highest BCUT2D eigenvalue weighted by atomic mass is 35.5. The van der Waals surface area contributed by atoms with Crippen molar-refractivity contribution in [2.75, 3.05) is 23.4 Å². The Morgan fingerprint density at radius 2 is 1.93 bits per heavy atom. The standard InChI is InChI=1S/C21H20Cl2N2O4/c1-12-6-7-15(9-17(12)23)25-10-14(8-20(25)27)21(28)29-11-19(26)24-18-5-3-4-16(22)13(18)2/h3-7,9,14H,8,10-11H2,1-2H3,(H,24,26)/t14-/m1/s1. The summed E-state index contributed by atoms with van der Waals surface area (Å²) in [5, 5.41) is 3.74. The number of aryl methyl sites for hydroxylation is 1. The van der Waals surface area contributed by atoms with Gasteiger partial charge >= 0.3 is 5.97 Å². The maximum Gasteiger partial charge on any atom is 0.311 e. The Labute approximate surface area is 178 Å². The van der Waals surface area contributed by atoms with E-state index >= 15 is 0 Å². The van der Waals surface area contributed by atoms with Crippen molar-refractivity contribution in [1.29, 1.82) is 0 Å². The van der Waals surface area contributed by atoms with Gasteiger partial charge < -0.3 is 15.0 Å². The van der Waals surface area contributed by atoms with Gasteiger partial charge in [0.15, 0.2) is 6.61 Å². The topological polar surface area (TPSA) is 75.7 Å². The first-order chi connectivity index (χ1) is 13.8. The average Bonchev–Trinajstić information content (AvgIpc) is 3.07. The van der Waals surface area contributed by atoms with E-state index in [4.69, 9.17) is 27.9 Å². The van der Waals surface area contributed by atoms with Crippen LogP contribution in [0.2, 0.25) is 10.0 Å². The molecule has 2 aromatic carbocycles. The molecular formula is C21H20Cl2N2O4. The van der Waals surface area contributed by atoms with E-state index in [0.717, 1.165) is 11.1 Å². The summed E-state index contributed by atoms with van der Waals surface area (Å²) < 4.78 is 5.12. The van der Waals surface area contributed by atoms with Crippen LogP contribution in [-0.4, -0.2) is 30.9 Å². The van der Waals surface area contributed by atoms with Gasteiger partial charge in [-0.3, -0.25) is 14.4 Å². The normalized spacial score (nSPS) is 16.1. The number of hydrogen-bond acceptors (Lipinski definition) is 4. The molecule has 0 radical (unpaired) electrons. The molecule has 152 valence electrons. The molecular weight excluding hydrogens is 415 g/mol. The second-order valence-electron chi connectivity index (χ2n) is 6.91. The number of carbonyl (C=O) groups is 3. The molecule has 0 aromatic heterocycles. The van der Waals surface area contributed by atoms with Crippen molar-refractivity contribution in [1.82, 2.24) is 0 Å². The van der Waals surface area contributed by atoms with Crippen LogP contribution in [0.25, 0.3) is 0 Å². The van der Waals surface area contributed by atoms with Crippen LogP contribution >= 0.6 is 23.2 Å². The Kier molecular flexibility index (Phi) is 6.45. The minimum absolute atomic E-state index is 0.0271. The predicted octanol–water partition coefficient (Wildman–Crippen LogP) is 4.15. The number of hydrogen-bond donors (Lipinski definition) is 1. The van der Waals surface area contributed by atoms with E-state index in [9.17, 15) is 14.4 Å². The van der Waals surface area contributed by atoms with Gasteiger partial charge in [-0.2, -0.15) is 0 Å². The van der Waals surface area contributed by atoms with Gasteiger partial charge in [-0.15, -0.1) is 0 Å². The molecule has 1 heterocycles. The molecule has 1 fully saturated rings. The monoisotopic (exact) mass is 434 g/mol. The van der Waals surface area contributed by atoms with Crippen molar-refractivity contribution >= 4 is 52.4 Å². The van der Waals surface area contributed by atoms with Crippen molar-refractivity contribution in [3.8, 4) is 0 Å². The maximum absolute atomic E-state index is 12.3. The molecule has 3 rings (SSSR count). The first kappa shape index (κ1) is 21.1. The van der Waals surface area contributed by atoms with E-state index in [-0.39, 0.29) is 18.9 Å². The summed E-state index contributed by atoms with van der Waals surface area (Å²) in [5.74, 6) is -1.89. The Morgan fingerprint density at radius 1 is 1.17 bits per heavy atom. The van der Waals surface area contributed by atoms with Crippen LogP contribution in [0, 0.1) is 19.8 Å². The number of ether oxygens (including phenoxy) is 1. The first-order valence-electron chi connectivity index (χ1n) is 9.04. The molecule has 1 saturated heterocycles. The van der Waals surface area contributed by atoms with E-state index in [0.29, 0.717) is 21.4 Å². The molecule has 0 saturated carbocycles. The van der Waals surface area contributed by atoms with Gasteiger partial charge in [0.2, 0.25) is 5.91 Å². The third kappa shape index (κ3) is 4.89. The third-order valence-electron chi connectivity index (χ3n) is 4.81. The van der Waals surface area contributed by atoms with Crippen molar-refractivity contribution in [2.24, 2.45) is 5.92 Å². The van der Waals surface area contributed by atoms with Crippen LogP contribution in [0.4, 0.5) is 11.4 Å². The average molecular weight is 435 g/mol. The lowest BCUT2D eigenvalue weighted by atomic mass is 10.1. The predicted molar refractivity (Wildman–Crippen MR) is 112 cm³/mol. The second kappa shape index (κ2) is 8.84. The van der Waals surface area contributed by atoms with Crippen LogP contribution in [0.15, 0.2) is 36.4 Å². The Morgan fingerprint density at radius 3 is 2.66 bits per heavy atom. The van der Waals surface area contributed by atoms with Crippen molar-refractivity contribution in [3.63, 3.8) is 0 Å². The Bertz CT molecular complexity index is 977. The number of rotatable bonds is 5. The number of esters is 1. The summed E-state index contributed by atoms with van der Waals surface area (Å²) in [7, 11) is 0. The summed E-state index contributed by atoms with van der Waals surface area (Å²) in [6.45, 7) is 3.39. The largest absolute Gasteiger partial charge is 0.455 e. The number of benzene rings is 2. The summed E-state index contributed by atoms with van der Waals surface area (Å²) in [4.78, 5) is 38.3. The fourth-order valence-corrected chi connectivity index (χ4v) is 3.40.